The largest absolute Gasteiger partial charge is 0.478 e. The molecule has 0 aliphatic heterocycles. The van der Waals surface area contributed by atoms with Gasteiger partial charge < -0.3 is 10.0 Å². The number of nitro groups is 1. The van der Waals surface area contributed by atoms with Crippen molar-refractivity contribution < 1.29 is 14.8 Å². The van der Waals surface area contributed by atoms with Gasteiger partial charge in [-0.15, -0.1) is 0 Å². The molecule has 0 saturated heterocycles. The van der Waals surface area contributed by atoms with E-state index in [1.807, 2.05) is 54.6 Å². The fourth-order valence-electron chi connectivity index (χ4n) is 2.89. The standard InChI is InChI=1S/C21H18N2O4/c1-2-15-8-10-17(11-9-15)22(16-6-4-3-5-7-16)20-13-12-18(23(26)27)14-19(20)21(24)25/h3-14H,2H2,1H3,(H,24,25). The number of non-ortho nitro benzene ring substituents is 1. The van der Waals surface area contributed by atoms with E-state index in [4.69, 9.17) is 0 Å². The van der Waals surface area contributed by atoms with Gasteiger partial charge >= 0.3 is 5.97 Å². The van der Waals surface area contributed by atoms with Gasteiger partial charge in [-0.05, 0) is 42.3 Å². The van der Waals surface area contributed by atoms with Crippen molar-refractivity contribution in [1.82, 2.24) is 0 Å². The maximum absolute atomic E-state index is 11.8. The Labute approximate surface area is 156 Å². The second-order valence-electron chi connectivity index (χ2n) is 5.95. The minimum atomic E-state index is -1.22. The smallest absolute Gasteiger partial charge is 0.338 e. The molecular formula is C21H18N2O4. The van der Waals surface area contributed by atoms with Crippen LogP contribution in [0, 0.1) is 10.1 Å². The minimum absolute atomic E-state index is 0.132. The van der Waals surface area contributed by atoms with Crippen LogP contribution in [0.1, 0.15) is 22.8 Å². The molecule has 1 N–H and O–H groups in total. The molecule has 0 aliphatic rings. The van der Waals surface area contributed by atoms with Gasteiger partial charge in [0.2, 0.25) is 0 Å². The highest BCUT2D eigenvalue weighted by Gasteiger charge is 2.22. The van der Waals surface area contributed by atoms with E-state index in [-0.39, 0.29) is 11.3 Å². The second kappa shape index (κ2) is 7.70. The van der Waals surface area contributed by atoms with Gasteiger partial charge in [-0.25, -0.2) is 4.79 Å². The van der Waals surface area contributed by atoms with Crippen LogP contribution in [0.15, 0.2) is 72.8 Å². The lowest BCUT2D eigenvalue weighted by atomic mass is 10.1. The first-order chi connectivity index (χ1) is 13.0. The molecule has 0 heterocycles. The number of nitro benzene ring substituents is 1. The van der Waals surface area contributed by atoms with Crippen molar-refractivity contribution in [3.8, 4) is 0 Å². The topological polar surface area (TPSA) is 83.7 Å². The SMILES string of the molecule is CCc1ccc(N(c2ccccc2)c2ccc([N+](=O)[O-])cc2C(=O)O)cc1. The number of carboxylic acids is 1. The lowest BCUT2D eigenvalue weighted by Crippen LogP contribution is -2.14. The fourth-order valence-corrected chi connectivity index (χ4v) is 2.89. The van der Waals surface area contributed by atoms with Crippen molar-refractivity contribution in [3.63, 3.8) is 0 Å². The number of para-hydroxylation sites is 1. The summed E-state index contributed by atoms with van der Waals surface area (Å²) in [7, 11) is 0. The lowest BCUT2D eigenvalue weighted by Gasteiger charge is -2.26. The average Bonchev–Trinajstić information content (AvgIpc) is 2.69. The van der Waals surface area contributed by atoms with Gasteiger partial charge in [0, 0.05) is 23.5 Å². The Morgan fingerprint density at radius 3 is 2.19 bits per heavy atom. The summed E-state index contributed by atoms with van der Waals surface area (Å²) in [4.78, 5) is 24.1. The third-order valence-corrected chi connectivity index (χ3v) is 4.28. The molecule has 136 valence electrons. The summed E-state index contributed by atoms with van der Waals surface area (Å²) in [6.07, 6.45) is 0.892. The summed E-state index contributed by atoms with van der Waals surface area (Å²) >= 11 is 0. The predicted octanol–water partition coefficient (Wildman–Crippen LogP) is 5.33. The molecule has 3 rings (SSSR count). The van der Waals surface area contributed by atoms with Gasteiger partial charge in [-0.2, -0.15) is 0 Å². The fraction of sp³-hybridized carbons (Fsp3) is 0.0952. The van der Waals surface area contributed by atoms with Crippen molar-refractivity contribution in [3.05, 3.63) is 94.0 Å². The number of carboxylic acid groups (broad SMARTS) is 1. The molecule has 0 spiro atoms. The predicted molar refractivity (Wildman–Crippen MR) is 104 cm³/mol. The summed E-state index contributed by atoms with van der Waals surface area (Å²) in [5, 5.41) is 20.7. The number of benzene rings is 3. The maximum atomic E-state index is 11.8. The molecule has 0 amide bonds. The first-order valence-corrected chi connectivity index (χ1v) is 8.47. The monoisotopic (exact) mass is 362 g/mol. The summed E-state index contributed by atoms with van der Waals surface area (Å²) < 4.78 is 0. The zero-order chi connectivity index (χ0) is 19.4. The van der Waals surface area contributed by atoms with E-state index >= 15 is 0 Å². The van der Waals surface area contributed by atoms with Crippen LogP contribution in [0.4, 0.5) is 22.7 Å². The molecule has 27 heavy (non-hydrogen) atoms. The van der Waals surface area contributed by atoms with E-state index in [1.165, 1.54) is 12.1 Å². The van der Waals surface area contributed by atoms with Crippen LogP contribution in [0.3, 0.4) is 0 Å². The van der Waals surface area contributed by atoms with E-state index in [9.17, 15) is 20.0 Å². The normalized spacial score (nSPS) is 10.4. The number of aromatic carboxylic acids is 1. The lowest BCUT2D eigenvalue weighted by molar-refractivity contribution is -0.384. The van der Waals surface area contributed by atoms with Gasteiger partial charge in [0.25, 0.3) is 5.69 Å². The van der Waals surface area contributed by atoms with Crippen molar-refractivity contribution in [2.75, 3.05) is 4.90 Å². The van der Waals surface area contributed by atoms with E-state index in [1.54, 1.807) is 4.90 Å². The zero-order valence-electron chi connectivity index (χ0n) is 14.7. The molecule has 0 aromatic heterocycles. The van der Waals surface area contributed by atoms with Crippen LogP contribution in [-0.4, -0.2) is 16.0 Å². The summed E-state index contributed by atoms with van der Waals surface area (Å²) in [6, 6.07) is 21.0. The average molecular weight is 362 g/mol. The van der Waals surface area contributed by atoms with Gasteiger partial charge in [0.15, 0.2) is 0 Å². The van der Waals surface area contributed by atoms with Crippen LogP contribution < -0.4 is 4.90 Å². The maximum Gasteiger partial charge on any atom is 0.338 e. The van der Waals surface area contributed by atoms with E-state index < -0.39 is 10.9 Å². The quantitative estimate of drug-likeness (QED) is 0.473. The molecule has 0 bridgehead atoms. The molecule has 0 saturated carbocycles. The first-order valence-electron chi connectivity index (χ1n) is 8.47. The third kappa shape index (κ3) is 3.79. The van der Waals surface area contributed by atoms with Crippen LogP contribution in [0.2, 0.25) is 0 Å². The molecule has 6 nitrogen and oxygen atoms in total. The molecule has 3 aromatic rings. The molecule has 3 aromatic carbocycles. The number of carbonyl (C=O) groups is 1. The molecule has 0 aliphatic carbocycles. The van der Waals surface area contributed by atoms with Crippen molar-refractivity contribution in [2.24, 2.45) is 0 Å². The summed E-state index contributed by atoms with van der Waals surface area (Å²) in [6.45, 7) is 2.06. The van der Waals surface area contributed by atoms with Crippen LogP contribution in [0.5, 0.6) is 0 Å². The van der Waals surface area contributed by atoms with Gasteiger partial charge in [0.1, 0.15) is 0 Å². The third-order valence-electron chi connectivity index (χ3n) is 4.28. The van der Waals surface area contributed by atoms with E-state index in [2.05, 4.69) is 6.92 Å². The van der Waals surface area contributed by atoms with Crippen molar-refractivity contribution in [2.45, 2.75) is 13.3 Å². The Morgan fingerprint density at radius 2 is 1.63 bits per heavy atom. The number of aryl methyl sites for hydroxylation is 1. The molecule has 0 atom stereocenters. The highest BCUT2D eigenvalue weighted by atomic mass is 16.6. The molecule has 0 radical (unpaired) electrons. The van der Waals surface area contributed by atoms with Crippen molar-refractivity contribution >= 4 is 28.7 Å². The highest BCUT2D eigenvalue weighted by Crippen LogP contribution is 2.37. The molecule has 0 unspecified atom stereocenters. The van der Waals surface area contributed by atoms with E-state index in [0.717, 1.165) is 29.4 Å². The number of rotatable bonds is 6. The highest BCUT2D eigenvalue weighted by molar-refractivity contribution is 5.98. The van der Waals surface area contributed by atoms with Crippen molar-refractivity contribution in [1.29, 1.82) is 0 Å². The number of hydrogen-bond donors (Lipinski definition) is 1. The Kier molecular flexibility index (Phi) is 5.17. The minimum Gasteiger partial charge on any atom is -0.478 e. The Bertz CT molecular complexity index is 969. The number of nitrogens with zero attached hydrogens (tertiary/aromatic N) is 2. The van der Waals surface area contributed by atoms with Crippen LogP contribution >= 0.6 is 0 Å². The second-order valence-corrected chi connectivity index (χ2v) is 5.95. The zero-order valence-corrected chi connectivity index (χ0v) is 14.7. The number of hydrogen-bond acceptors (Lipinski definition) is 4. The molecule has 6 heteroatoms. The summed E-state index contributed by atoms with van der Waals surface area (Å²) in [5.41, 5.74) is 2.67. The Hall–Kier alpha value is -3.67. The Morgan fingerprint density at radius 1 is 1.00 bits per heavy atom. The van der Waals surface area contributed by atoms with Gasteiger partial charge in [-0.1, -0.05) is 37.3 Å². The van der Waals surface area contributed by atoms with Crippen LogP contribution in [0.25, 0.3) is 0 Å². The van der Waals surface area contributed by atoms with Crippen LogP contribution in [-0.2, 0) is 6.42 Å². The summed E-state index contributed by atoms with van der Waals surface area (Å²) in [5.74, 6) is -1.22. The van der Waals surface area contributed by atoms with E-state index in [0.29, 0.717) is 5.69 Å². The molecule has 0 fully saturated rings. The number of anilines is 3. The van der Waals surface area contributed by atoms with Gasteiger partial charge in [-0.3, -0.25) is 10.1 Å². The first kappa shape index (κ1) is 18.1. The van der Waals surface area contributed by atoms with Gasteiger partial charge in [0.05, 0.1) is 16.2 Å². The Balaban J connectivity index is 2.21. The molecular weight excluding hydrogens is 344 g/mol.